The van der Waals surface area contributed by atoms with Crippen molar-refractivity contribution in [3.05, 3.63) is 28.2 Å². The van der Waals surface area contributed by atoms with Crippen molar-refractivity contribution in [2.75, 3.05) is 13.1 Å². The summed E-state index contributed by atoms with van der Waals surface area (Å²) in [6.07, 6.45) is -0.148. The lowest BCUT2D eigenvalue weighted by molar-refractivity contribution is -0.0440. The van der Waals surface area contributed by atoms with E-state index >= 15 is 0 Å². The maximum atomic E-state index is 12.6. The van der Waals surface area contributed by atoms with Crippen LogP contribution in [0.2, 0.25) is 0 Å². The van der Waals surface area contributed by atoms with Crippen molar-refractivity contribution in [1.82, 2.24) is 4.31 Å². The normalized spacial score (nSPS) is 25.5. The first-order valence-corrected chi connectivity index (χ1v) is 8.46. The third-order valence-corrected chi connectivity index (χ3v) is 5.87. The van der Waals surface area contributed by atoms with Crippen LogP contribution in [0.5, 0.6) is 0 Å². The molecule has 1 aromatic rings. The van der Waals surface area contributed by atoms with Crippen LogP contribution in [0, 0.1) is 6.92 Å². The number of sulfonamides is 1. The number of nitrogens with zero attached hydrogens (tertiary/aromatic N) is 1. The molecule has 1 aliphatic rings. The molecule has 6 heteroatoms. The van der Waals surface area contributed by atoms with Gasteiger partial charge in [-0.15, -0.1) is 0 Å². The quantitative estimate of drug-likeness (QED) is 0.825. The molecule has 0 N–H and O–H groups in total. The van der Waals surface area contributed by atoms with E-state index in [1.54, 1.807) is 18.2 Å². The van der Waals surface area contributed by atoms with Crippen LogP contribution in [-0.4, -0.2) is 38.0 Å². The standard InChI is InChI=1S/C13H18BrNO3S/c1-9-6-12(4-5-13(9)14)19(16,17)15-7-10(2)18-11(3)8-15/h4-6,10-11H,7-8H2,1-3H3/t10-,11-/m0/s1. The lowest BCUT2D eigenvalue weighted by Crippen LogP contribution is -2.48. The monoisotopic (exact) mass is 347 g/mol. The minimum absolute atomic E-state index is 0.0740. The topological polar surface area (TPSA) is 46.6 Å². The molecule has 0 saturated carbocycles. The third kappa shape index (κ3) is 3.18. The number of rotatable bonds is 2. The number of hydrogen-bond acceptors (Lipinski definition) is 3. The van der Waals surface area contributed by atoms with Crippen LogP contribution in [-0.2, 0) is 14.8 Å². The second-order valence-corrected chi connectivity index (χ2v) is 7.78. The minimum atomic E-state index is -3.43. The first-order valence-electron chi connectivity index (χ1n) is 6.22. The zero-order valence-corrected chi connectivity index (χ0v) is 13.7. The highest BCUT2D eigenvalue weighted by Crippen LogP contribution is 2.24. The number of benzene rings is 1. The summed E-state index contributed by atoms with van der Waals surface area (Å²) in [5.41, 5.74) is 0.912. The zero-order valence-electron chi connectivity index (χ0n) is 11.3. The molecule has 1 fully saturated rings. The van der Waals surface area contributed by atoms with Crippen molar-refractivity contribution in [2.45, 2.75) is 37.9 Å². The van der Waals surface area contributed by atoms with E-state index in [0.29, 0.717) is 18.0 Å². The molecule has 0 bridgehead atoms. The molecule has 4 nitrogen and oxygen atoms in total. The Hall–Kier alpha value is -0.430. The summed E-state index contributed by atoms with van der Waals surface area (Å²) < 4.78 is 33.2. The SMILES string of the molecule is Cc1cc(S(=O)(=O)N2C[C@H](C)O[C@@H](C)C2)ccc1Br. The Morgan fingerprint density at radius 2 is 1.84 bits per heavy atom. The largest absolute Gasteiger partial charge is 0.373 e. The molecule has 1 aromatic carbocycles. The van der Waals surface area contributed by atoms with Gasteiger partial charge in [0.1, 0.15) is 0 Å². The van der Waals surface area contributed by atoms with Crippen LogP contribution >= 0.6 is 15.9 Å². The Kier molecular flexibility index (Phi) is 4.35. The molecule has 2 atom stereocenters. The van der Waals surface area contributed by atoms with Gasteiger partial charge in [0, 0.05) is 17.6 Å². The van der Waals surface area contributed by atoms with Gasteiger partial charge in [-0.3, -0.25) is 0 Å². The highest BCUT2D eigenvalue weighted by Gasteiger charge is 2.32. The predicted molar refractivity (Wildman–Crippen MR) is 77.6 cm³/mol. The summed E-state index contributed by atoms with van der Waals surface area (Å²) in [4.78, 5) is 0.342. The lowest BCUT2D eigenvalue weighted by atomic mass is 10.2. The average Bonchev–Trinajstić information content (AvgIpc) is 2.31. The summed E-state index contributed by atoms with van der Waals surface area (Å²) >= 11 is 3.38. The molecule has 2 rings (SSSR count). The van der Waals surface area contributed by atoms with Crippen molar-refractivity contribution < 1.29 is 13.2 Å². The number of aryl methyl sites for hydroxylation is 1. The lowest BCUT2D eigenvalue weighted by Gasteiger charge is -2.34. The maximum Gasteiger partial charge on any atom is 0.243 e. The molecule has 0 aromatic heterocycles. The Balaban J connectivity index is 2.33. The smallest absolute Gasteiger partial charge is 0.243 e. The third-order valence-electron chi connectivity index (χ3n) is 3.15. The van der Waals surface area contributed by atoms with E-state index in [-0.39, 0.29) is 12.2 Å². The van der Waals surface area contributed by atoms with Gasteiger partial charge < -0.3 is 4.74 Å². The fourth-order valence-electron chi connectivity index (χ4n) is 2.25. The van der Waals surface area contributed by atoms with Crippen molar-refractivity contribution in [1.29, 1.82) is 0 Å². The van der Waals surface area contributed by atoms with E-state index in [4.69, 9.17) is 4.74 Å². The van der Waals surface area contributed by atoms with Gasteiger partial charge in [0.05, 0.1) is 17.1 Å². The Morgan fingerprint density at radius 1 is 1.26 bits per heavy atom. The van der Waals surface area contributed by atoms with Crippen molar-refractivity contribution >= 4 is 26.0 Å². The highest BCUT2D eigenvalue weighted by molar-refractivity contribution is 9.10. The van der Waals surface area contributed by atoms with Gasteiger partial charge in [0.15, 0.2) is 0 Å². The predicted octanol–water partition coefficient (Wildman–Crippen LogP) is 2.56. The highest BCUT2D eigenvalue weighted by atomic mass is 79.9. The molecule has 0 radical (unpaired) electrons. The van der Waals surface area contributed by atoms with Crippen molar-refractivity contribution in [3.8, 4) is 0 Å². The second-order valence-electron chi connectivity index (χ2n) is 4.99. The first-order chi connectivity index (χ1) is 8.80. The summed E-state index contributed by atoms with van der Waals surface area (Å²) in [5, 5.41) is 0. The van der Waals surface area contributed by atoms with E-state index in [2.05, 4.69) is 15.9 Å². The molecular formula is C13H18BrNO3S. The molecule has 1 aliphatic heterocycles. The van der Waals surface area contributed by atoms with Crippen molar-refractivity contribution in [2.24, 2.45) is 0 Å². The number of morpholine rings is 1. The molecule has 0 aliphatic carbocycles. The van der Waals surface area contributed by atoms with Gasteiger partial charge in [-0.2, -0.15) is 4.31 Å². The van der Waals surface area contributed by atoms with Gasteiger partial charge >= 0.3 is 0 Å². The minimum Gasteiger partial charge on any atom is -0.373 e. The van der Waals surface area contributed by atoms with Gasteiger partial charge in [-0.25, -0.2) is 8.42 Å². The number of halogens is 1. The molecule has 0 amide bonds. The van der Waals surface area contributed by atoms with Crippen LogP contribution in [0.4, 0.5) is 0 Å². The average molecular weight is 348 g/mol. The molecule has 19 heavy (non-hydrogen) atoms. The summed E-state index contributed by atoms with van der Waals surface area (Å²) in [6, 6.07) is 5.11. The Bertz CT molecular complexity index is 563. The second kappa shape index (κ2) is 5.52. The van der Waals surface area contributed by atoms with E-state index in [9.17, 15) is 8.42 Å². The first kappa shape index (κ1) is 15.0. The van der Waals surface area contributed by atoms with E-state index < -0.39 is 10.0 Å². The van der Waals surface area contributed by atoms with E-state index in [1.165, 1.54) is 4.31 Å². The van der Waals surface area contributed by atoms with Crippen LogP contribution in [0.25, 0.3) is 0 Å². The molecule has 0 spiro atoms. The van der Waals surface area contributed by atoms with Gasteiger partial charge in [-0.1, -0.05) is 15.9 Å². The molecule has 0 unspecified atom stereocenters. The van der Waals surface area contributed by atoms with Crippen LogP contribution < -0.4 is 0 Å². The zero-order chi connectivity index (χ0) is 14.2. The number of hydrogen-bond donors (Lipinski definition) is 0. The molecule has 106 valence electrons. The fraction of sp³-hybridized carbons (Fsp3) is 0.538. The van der Waals surface area contributed by atoms with Gasteiger partial charge in [-0.05, 0) is 44.5 Å². The molecular weight excluding hydrogens is 330 g/mol. The van der Waals surface area contributed by atoms with Crippen LogP contribution in [0.3, 0.4) is 0 Å². The molecule has 1 saturated heterocycles. The van der Waals surface area contributed by atoms with E-state index in [1.807, 2.05) is 20.8 Å². The maximum absolute atomic E-state index is 12.6. The summed E-state index contributed by atoms with van der Waals surface area (Å²) in [7, 11) is -3.43. The summed E-state index contributed by atoms with van der Waals surface area (Å²) in [5.74, 6) is 0. The summed E-state index contributed by atoms with van der Waals surface area (Å²) in [6.45, 7) is 6.48. The fourth-order valence-corrected chi connectivity index (χ4v) is 4.18. The van der Waals surface area contributed by atoms with Gasteiger partial charge in [0.2, 0.25) is 10.0 Å². The Labute approximate surface area is 122 Å². The van der Waals surface area contributed by atoms with Crippen molar-refractivity contribution in [3.63, 3.8) is 0 Å². The van der Waals surface area contributed by atoms with Gasteiger partial charge in [0.25, 0.3) is 0 Å². The molecule has 1 heterocycles. The number of ether oxygens (including phenoxy) is 1. The Morgan fingerprint density at radius 3 is 2.37 bits per heavy atom. The van der Waals surface area contributed by atoms with E-state index in [0.717, 1.165) is 10.0 Å². The van der Waals surface area contributed by atoms with Crippen LogP contribution in [0.15, 0.2) is 27.6 Å². The van der Waals surface area contributed by atoms with Crippen LogP contribution in [0.1, 0.15) is 19.4 Å².